The molecule has 2 N–H and O–H groups in total. The maximum atomic E-state index is 11.5. The summed E-state index contributed by atoms with van der Waals surface area (Å²) in [5.41, 5.74) is 8.30. The Balaban J connectivity index is 1.47. The zero-order valence-corrected chi connectivity index (χ0v) is 14.3. The third kappa shape index (κ3) is 3.08. The lowest BCUT2D eigenvalue weighted by molar-refractivity contribution is -0.141. The minimum Gasteiger partial charge on any atom is -0.492 e. The molecule has 1 atom stereocenters. The highest BCUT2D eigenvalue weighted by atomic mass is 16.7. The highest BCUT2D eigenvalue weighted by molar-refractivity contribution is 5.71. The predicted octanol–water partition coefficient (Wildman–Crippen LogP) is 2.62. The molecule has 26 heavy (non-hydrogen) atoms. The number of methoxy groups -OCH3 is 1. The van der Waals surface area contributed by atoms with Gasteiger partial charge in [-0.15, -0.1) is 0 Å². The summed E-state index contributed by atoms with van der Waals surface area (Å²) in [5.74, 6) is 2.45. The summed E-state index contributed by atoms with van der Waals surface area (Å²) in [7, 11) is 1.39. The van der Waals surface area contributed by atoms with Crippen molar-refractivity contribution in [1.29, 1.82) is 0 Å². The number of carbonyl (C=O) groups excluding carboxylic acids is 1. The maximum absolute atomic E-state index is 11.5. The van der Waals surface area contributed by atoms with Crippen molar-refractivity contribution in [2.45, 2.75) is 18.9 Å². The average Bonchev–Trinajstić information content (AvgIpc) is 3.26. The number of anilines is 1. The normalized spacial score (nSPS) is 16.7. The minimum atomic E-state index is -0.246. The molecule has 0 aromatic heterocycles. The molecule has 0 fully saturated rings. The number of nitrogen functional groups attached to an aromatic ring is 1. The molecule has 7 heteroatoms. The van der Waals surface area contributed by atoms with Crippen LogP contribution in [0.4, 0.5) is 5.69 Å². The van der Waals surface area contributed by atoms with Crippen LogP contribution in [0.2, 0.25) is 0 Å². The van der Waals surface area contributed by atoms with Gasteiger partial charge in [0.05, 0.1) is 20.1 Å². The van der Waals surface area contributed by atoms with Crippen LogP contribution in [0.3, 0.4) is 0 Å². The molecular weight excluding hydrogens is 338 g/mol. The van der Waals surface area contributed by atoms with Gasteiger partial charge in [-0.1, -0.05) is 6.07 Å². The number of hydrogen-bond acceptors (Lipinski definition) is 7. The van der Waals surface area contributed by atoms with E-state index in [4.69, 9.17) is 29.4 Å². The average molecular weight is 357 g/mol. The van der Waals surface area contributed by atoms with Crippen molar-refractivity contribution in [2.75, 3.05) is 26.2 Å². The van der Waals surface area contributed by atoms with E-state index in [0.717, 1.165) is 16.9 Å². The SMILES string of the molecule is COC(=O)C[C@@H]1COc2cc(OCc3cc(N)cc4c3OCO4)ccc21. The Morgan fingerprint density at radius 3 is 2.92 bits per heavy atom. The fourth-order valence-corrected chi connectivity index (χ4v) is 3.18. The molecule has 2 aliphatic heterocycles. The van der Waals surface area contributed by atoms with Gasteiger partial charge in [0.1, 0.15) is 18.1 Å². The van der Waals surface area contributed by atoms with E-state index in [9.17, 15) is 4.79 Å². The molecule has 2 aliphatic rings. The van der Waals surface area contributed by atoms with Gasteiger partial charge in [-0.3, -0.25) is 4.79 Å². The summed E-state index contributed by atoms with van der Waals surface area (Å²) in [6.07, 6.45) is 0.302. The summed E-state index contributed by atoms with van der Waals surface area (Å²) in [6.45, 7) is 0.933. The van der Waals surface area contributed by atoms with Crippen LogP contribution in [-0.2, 0) is 16.1 Å². The van der Waals surface area contributed by atoms with Gasteiger partial charge in [0, 0.05) is 34.9 Å². The quantitative estimate of drug-likeness (QED) is 0.650. The van der Waals surface area contributed by atoms with Crippen LogP contribution in [0.1, 0.15) is 23.5 Å². The van der Waals surface area contributed by atoms with Crippen LogP contribution in [0.25, 0.3) is 0 Å². The van der Waals surface area contributed by atoms with E-state index in [2.05, 4.69) is 0 Å². The molecule has 0 bridgehead atoms. The van der Waals surface area contributed by atoms with E-state index >= 15 is 0 Å². The number of rotatable bonds is 5. The molecule has 0 saturated heterocycles. The Kier molecular flexibility index (Phi) is 4.20. The van der Waals surface area contributed by atoms with Gasteiger partial charge < -0.3 is 29.4 Å². The number of esters is 1. The number of hydrogen-bond donors (Lipinski definition) is 1. The van der Waals surface area contributed by atoms with Gasteiger partial charge in [-0.25, -0.2) is 0 Å². The first-order valence-corrected chi connectivity index (χ1v) is 8.28. The molecule has 2 heterocycles. The molecule has 136 valence electrons. The molecular formula is C19H19NO6. The molecule has 0 radical (unpaired) electrons. The van der Waals surface area contributed by atoms with E-state index < -0.39 is 0 Å². The molecule has 4 rings (SSSR count). The third-order valence-corrected chi connectivity index (χ3v) is 4.47. The number of ether oxygens (including phenoxy) is 5. The molecule has 0 spiro atoms. The highest BCUT2D eigenvalue weighted by Crippen LogP contribution is 2.40. The molecule has 0 aliphatic carbocycles. The maximum Gasteiger partial charge on any atom is 0.306 e. The smallest absolute Gasteiger partial charge is 0.306 e. The van der Waals surface area contributed by atoms with E-state index in [1.807, 2.05) is 24.3 Å². The standard InChI is InChI=1S/C19H19NO6/c1-22-18(21)5-11-8-24-16-7-14(2-3-15(11)16)23-9-12-4-13(20)6-17-19(12)26-10-25-17/h2-4,6-7,11H,5,8-10,20H2,1H3/t11-/m1/s1. The second-order valence-corrected chi connectivity index (χ2v) is 6.19. The topological polar surface area (TPSA) is 89.2 Å². The van der Waals surface area contributed by atoms with Crippen LogP contribution in [0.15, 0.2) is 30.3 Å². The van der Waals surface area contributed by atoms with Crippen molar-refractivity contribution < 1.29 is 28.5 Å². The third-order valence-electron chi connectivity index (χ3n) is 4.47. The van der Waals surface area contributed by atoms with Gasteiger partial charge in [-0.05, 0) is 12.1 Å². The zero-order valence-electron chi connectivity index (χ0n) is 14.3. The predicted molar refractivity (Wildman–Crippen MR) is 92.6 cm³/mol. The Morgan fingerprint density at radius 2 is 2.08 bits per heavy atom. The largest absolute Gasteiger partial charge is 0.492 e. The van der Waals surface area contributed by atoms with Crippen molar-refractivity contribution in [2.24, 2.45) is 0 Å². The lowest BCUT2D eigenvalue weighted by Gasteiger charge is -2.11. The minimum absolute atomic E-state index is 0.00856. The molecule has 0 amide bonds. The Labute approximate surface area is 150 Å². The number of benzene rings is 2. The van der Waals surface area contributed by atoms with E-state index in [-0.39, 0.29) is 18.7 Å². The van der Waals surface area contributed by atoms with E-state index in [0.29, 0.717) is 42.6 Å². The lowest BCUT2D eigenvalue weighted by atomic mass is 9.98. The van der Waals surface area contributed by atoms with Crippen molar-refractivity contribution in [3.8, 4) is 23.0 Å². The Bertz CT molecular complexity index is 850. The van der Waals surface area contributed by atoms with Crippen LogP contribution in [0, 0.1) is 0 Å². The number of nitrogens with two attached hydrogens (primary N) is 1. The Morgan fingerprint density at radius 1 is 1.19 bits per heavy atom. The Hall–Kier alpha value is -3.09. The van der Waals surface area contributed by atoms with Gasteiger partial charge in [0.15, 0.2) is 11.5 Å². The zero-order chi connectivity index (χ0) is 18.1. The van der Waals surface area contributed by atoms with Crippen LogP contribution >= 0.6 is 0 Å². The molecule has 2 aromatic rings. The molecule has 2 aromatic carbocycles. The number of fused-ring (bicyclic) bond motifs is 2. The summed E-state index contributed by atoms with van der Waals surface area (Å²) in [6, 6.07) is 9.16. The highest BCUT2D eigenvalue weighted by Gasteiger charge is 2.27. The van der Waals surface area contributed by atoms with Crippen molar-refractivity contribution in [1.82, 2.24) is 0 Å². The van der Waals surface area contributed by atoms with Gasteiger partial charge in [0.25, 0.3) is 0 Å². The van der Waals surface area contributed by atoms with Crippen LogP contribution in [-0.4, -0.2) is 26.5 Å². The van der Waals surface area contributed by atoms with E-state index in [1.165, 1.54) is 7.11 Å². The summed E-state index contributed by atoms with van der Waals surface area (Å²) in [5, 5.41) is 0. The molecule has 0 saturated carbocycles. The van der Waals surface area contributed by atoms with Crippen molar-refractivity contribution >= 4 is 11.7 Å². The first-order valence-electron chi connectivity index (χ1n) is 8.28. The summed E-state index contributed by atoms with van der Waals surface area (Å²) in [4.78, 5) is 11.5. The van der Waals surface area contributed by atoms with Crippen LogP contribution in [0.5, 0.6) is 23.0 Å². The van der Waals surface area contributed by atoms with Gasteiger partial charge in [0.2, 0.25) is 6.79 Å². The molecule has 7 nitrogen and oxygen atoms in total. The van der Waals surface area contributed by atoms with Gasteiger partial charge in [-0.2, -0.15) is 0 Å². The first-order chi connectivity index (χ1) is 12.6. The molecule has 0 unspecified atom stereocenters. The van der Waals surface area contributed by atoms with Crippen molar-refractivity contribution in [3.05, 3.63) is 41.5 Å². The van der Waals surface area contributed by atoms with Crippen LogP contribution < -0.4 is 24.7 Å². The van der Waals surface area contributed by atoms with Gasteiger partial charge >= 0.3 is 5.97 Å². The summed E-state index contributed by atoms with van der Waals surface area (Å²) >= 11 is 0. The monoisotopic (exact) mass is 357 g/mol. The lowest BCUT2D eigenvalue weighted by Crippen LogP contribution is -2.09. The number of carbonyl (C=O) groups is 1. The fourth-order valence-electron chi connectivity index (χ4n) is 3.18. The second-order valence-electron chi connectivity index (χ2n) is 6.19. The fraction of sp³-hybridized carbons (Fsp3) is 0.316. The first kappa shape index (κ1) is 16.4. The van der Waals surface area contributed by atoms with Crippen molar-refractivity contribution in [3.63, 3.8) is 0 Å². The second kappa shape index (κ2) is 6.67. The summed E-state index contributed by atoms with van der Waals surface area (Å²) < 4.78 is 27.1. The van der Waals surface area contributed by atoms with E-state index in [1.54, 1.807) is 6.07 Å².